The van der Waals surface area contributed by atoms with Gasteiger partial charge in [0.1, 0.15) is 6.10 Å². The number of pyridine rings is 1. The molecule has 2 heterocycles. The summed E-state index contributed by atoms with van der Waals surface area (Å²) in [5.74, 6) is 0.196. The van der Waals surface area contributed by atoms with Crippen LogP contribution < -0.4 is 10.6 Å². The number of rotatable bonds is 8. The fourth-order valence-corrected chi connectivity index (χ4v) is 4.12. The Labute approximate surface area is 166 Å². The van der Waals surface area contributed by atoms with Gasteiger partial charge in [0.15, 0.2) is 0 Å². The van der Waals surface area contributed by atoms with Crippen molar-refractivity contribution in [3.63, 3.8) is 0 Å². The Bertz CT molecular complexity index is 634. The van der Waals surface area contributed by atoms with Gasteiger partial charge in [0.2, 0.25) is 11.8 Å². The summed E-state index contributed by atoms with van der Waals surface area (Å²) >= 11 is 0. The van der Waals surface area contributed by atoms with Gasteiger partial charge in [-0.25, -0.2) is 0 Å². The normalized spacial score (nSPS) is 25.4. The predicted molar refractivity (Wildman–Crippen MR) is 104 cm³/mol. The maximum Gasteiger partial charge on any atom is 0.224 e. The van der Waals surface area contributed by atoms with Gasteiger partial charge in [0, 0.05) is 24.9 Å². The molecule has 7 heteroatoms. The number of aliphatic hydroxyl groups is 1. The number of amides is 2. The number of aliphatic hydroxyl groups excluding tert-OH is 1. The Hall–Kier alpha value is -1.99. The maximum absolute atomic E-state index is 12.4. The molecule has 3 N–H and O–H groups in total. The average Bonchev–Trinajstić information content (AvgIpc) is 3.25. The zero-order valence-corrected chi connectivity index (χ0v) is 16.3. The number of carbonyl (C=O) groups excluding carboxylic acids is 2. The SMILES string of the molecule is O=C(Cc1ccncc1)NCC[C@@H]1CC[C@@H](NC(=O)C2CCCC2)[C@H](CO)O1. The first-order valence-corrected chi connectivity index (χ1v) is 10.4. The van der Waals surface area contributed by atoms with Crippen LogP contribution in [0.25, 0.3) is 0 Å². The lowest BCUT2D eigenvalue weighted by atomic mass is 9.96. The number of carbonyl (C=O) groups is 2. The van der Waals surface area contributed by atoms with Crippen molar-refractivity contribution >= 4 is 11.8 Å². The first-order chi connectivity index (χ1) is 13.7. The largest absolute Gasteiger partial charge is 0.394 e. The Morgan fingerprint density at radius 3 is 2.61 bits per heavy atom. The van der Waals surface area contributed by atoms with E-state index in [-0.39, 0.29) is 42.6 Å². The maximum atomic E-state index is 12.4. The third-order valence-electron chi connectivity index (χ3n) is 5.75. The molecule has 1 aliphatic heterocycles. The van der Waals surface area contributed by atoms with Crippen LogP contribution in [-0.4, -0.2) is 53.3 Å². The van der Waals surface area contributed by atoms with Crippen LogP contribution in [-0.2, 0) is 20.7 Å². The van der Waals surface area contributed by atoms with Crippen molar-refractivity contribution < 1.29 is 19.4 Å². The van der Waals surface area contributed by atoms with Crippen LogP contribution in [0.2, 0.25) is 0 Å². The summed E-state index contributed by atoms with van der Waals surface area (Å²) in [6.07, 6.45) is 9.77. The van der Waals surface area contributed by atoms with Crippen LogP contribution in [0.15, 0.2) is 24.5 Å². The molecule has 0 radical (unpaired) electrons. The van der Waals surface area contributed by atoms with E-state index in [2.05, 4.69) is 15.6 Å². The molecular formula is C21H31N3O4. The minimum Gasteiger partial charge on any atom is -0.394 e. The molecule has 7 nitrogen and oxygen atoms in total. The molecule has 3 atom stereocenters. The third-order valence-corrected chi connectivity index (χ3v) is 5.75. The fraction of sp³-hybridized carbons (Fsp3) is 0.667. The first kappa shape index (κ1) is 20.7. The molecular weight excluding hydrogens is 358 g/mol. The Morgan fingerprint density at radius 2 is 1.89 bits per heavy atom. The Morgan fingerprint density at radius 1 is 1.14 bits per heavy atom. The molecule has 0 bridgehead atoms. The topological polar surface area (TPSA) is 101 Å². The molecule has 2 aliphatic rings. The summed E-state index contributed by atoms with van der Waals surface area (Å²) in [5, 5.41) is 15.7. The van der Waals surface area contributed by atoms with Gasteiger partial charge in [-0.05, 0) is 49.8 Å². The summed E-state index contributed by atoms with van der Waals surface area (Å²) in [4.78, 5) is 28.3. The van der Waals surface area contributed by atoms with Crippen molar-refractivity contribution in [3.8, 4) is 0 Å². The second kappa shape index (κ2) is 10.5. The van der Waals surface area contributed by atoms with Crippen molar-refractivity contribution in [2.24, 2.45) is 5.92 Å². The predicted octanol–water partition coefficient (Wildman–Crippen LogP) is 1.35. The van der Waals surface area contributed by atoms with Gasteiger partial charge < -0.3 is 20.5 Å². The second-order valence-corrected chi connectivity index (χ2v) is 7.82. The van der Waals surface area contributed by atoms with Gasteiger partial charge in [-0.3, -0.25) is 14.6 Å². The fourth-order valence-electron chi connectivity index (χ4n) is 4.12. The zero-order chi connectivity index (χ0) is 19.8. The molecule has 0 spiro atoms. The smallest absolute Gasteiger partial charge is 0.224 e. The minimum absolute atomic E-state index is 0.0157. The highest BCUT2D eigenvalue weighted by Gasteiger charge is 2.33. The molecule has 1 aliphatic carbocycles. The van der Waals surface area contributed by atoms with E-state index >= 15 is 0 Å². The highest BCUT2D eigenvalue weighted by Crippen LogP contribution is 2.26. The van der Waals surface area contributed by atoms with E-state index in [4.69, 9.17) is 4.74 Å². The Balaban J connectivity index is 1.37. The first-order valence-electron chi connectivity index (χ1n) is 10.4. The van der Waals surface area contributed by atoms with Gasteiger partial charge in [0.05, 0.1) is 25.2 Å². The summed E-state index contributed by atoms with van der Waals surface area (Å²) in [6.45, 7) is 0.423. The molecule has 28 heavy (non-hydrogen) atoms. The van der Waals surface area contributed by atoms with Crippen molar-refractivity contribution in [1.29, 1.82) is 0 Å². The zero-order valence-electron chi connectivity index (χ0n) is 16.3. The molecule has 0 aromatic carbocycles. The summed E-state index contributed by atoms with van der Waals surface area (Å²) in [5.41, 5.74) is 0.933. The monoisotopic (exact) mass is 389 g/mol. The van der Waals surface area contributed by atoms with E-state index in [1.807, 2.05) is 12.1 Å². The van der Waals surface area contributed by atoms with Gasteiger partial charge >= 0.3 is 0 Å². The summed E-state index contributed by atoms with van der Waals surface area (Å²) < 4.78 is 5.99. The van der Waals surface area contributed by atoms with Crippen LogP contribution in [0.5, 0.6) is 0 Å². The number of hydrogen-bond acceptors (Lipinski definition) is 5. The number of aromatic nitrogens is 1. The second-order valence-electron chi connectivity index (χ2n) is 7.82. The molecule has 0 unspecified atom stereocenters. The van der Waals surface area contributed by atoms with Gasteiger partial charge in [0.25, 0.3) is 0 Å². The molecule has 2 fully saturated rings. The quantitative estimate of drug-likeness (QED) is 0.623. The molecule has 1 saturated heterocycles. The van der Waals surface area contributed by atoms with E-state index in [9.17, 15) is 14.7 Å². The van der Waals surface area contributed by atoms with E-state index in [0.29, 0.717) is 19.4 Å². The van der Waals surface area contributed by atoms with Crippen molar-refractivity contribution in [2.45, 2.75) is 69.6 Å². The van der Waals surface area contributed by atoms with Gasteiger partial charge in [-0.1, -0.05) is 12.8 Å². The summed E-state index contributed by atoms with van der Waals surface area (Å²) in [7, 11) is 0. The minimum atomic E-state index is -0.378. The molecule has 2 amide bonds. The van der Waals surface area contributed by atoms with Crippen LogP contribution in [0.3, 0.4) is 0 Å². The van der Waals surface area contributed by atoms with Crippen molar-refractivity contribution in [3.05, 3.63) is 30.1 Å². The standard InChI is InChI=1S/C21H31N3O4/c25-14-19-18(24-21(27)16-3-1-2-4-16)6-5-17(28-19)9-12-23-20(26)13-15-7-10-22-11-8-15/h7-8,10-11,16-19,25H,1-6,9,12-14H2,(H,23,26)(H,24,27)/t17-,18+,19-/m0/s1. The van der Waals surface area contributed by atoms with Crippen molar-refractivity contribution in [1.82, 2.24) is 15.6 Å². The summed E-state index contributed by atoms with van der Waals surface area (Å²) in [6, 6.07) is 3.53. The van der Waals surface area contributed by atoms with E-state index in [1.165, 1.54) is 0 Å². The van der Waals surface area contributed by atoms with E-state index in [1.54, 1.807) is 12.4 Å². The van der Waals surface area contributed by atoms with Crippen LogP contribution in [0.4, 0.5) is 0 Å². The lowest BCUT2D eigenvalue weighted by molar-refractivity contribution is -0.132. The molecule has 3 rings (SSSR count). The average molecular weight is 389 g/mol. The highest BCUT2D eigenvalue weighted by atomic mass is 16.5. The van der Waals surface area contributed by atoms with Crippen LogP contribution >= 0.6 is 0 Å². The molecule has 1 aromatic rings. The molecule has 154 valence electrons. The van der Waals surface area contributed by atoms with E-state index < -0.39 is 0 Å². The Kier molecular flexibility index (Phi) is 7.80. The van der Waals surface area contributed by atoms with E-state index in [0.717, 1.165) is 44.1 Å². The molecule has 1 aromatic heterocycles. The number of nitrogens with zero attached hydrogens (tertiary/aromatic N) is 1. The van der Waals surface area contributed by atoms with Gasteiger partial charge in [-0.15, -0.1) is 0 Å². The van der Waals surface area contributed by atoms with Gasteiger partial charge in [-0.2, -0.15) is 0 Å². The number of hydrogen-bond donors (Lipinski definition) is 3. The number of ether oxygens (including phenoxy) is 1. The van der Waals surface area contributed by atoms with Crippen LogP contribution in [0.1, 0.15) is 50.5 Å². The van der Waals surface area contributed by atoms with Crippen molar-refractivity contribution in [2.75, 3.05) is 13.2 Å². The molecule has 1 saturated carbocycles. The van der Waals surface area contributed by atoms with Crippen LogP contribution in [0, 0.1) is 5.92 Å². The highest BCUT2D eigenvalue weighted by molar-refractivity contribution is 5.79. The lowest BCUT2D eigenvalue weighted by Gasteiger charge is -2.36. The lowest BCUT2D eigenvalue weighted by Crippen LogP contribution is -2.52. The third kappa shape index (κ3) is 6.01. The number of nitrogens with one attached hydrogen (secondary N) is 2.